The Labute approximate surface area is 111 Å². The van der Waals surface area contributed by atoms with E-state index in [0.29, 0.717) is 13.0 Å². The predicted molar refractivity (Wildman–Crippen MR) is 67.6 cm³/mol. The van der Waals surface area contributed by atoms with Gasteiger partial charge in [0, 0.05) is 25.0 Å². The molecule has 0 aromatic carbocycles. The molecular weight excluding hydrogens is 253 g/mol. The van der Waals surface area contributed by atoms with Gasteiger partial charge in [-0.1, -0.05) is 6.42 Å². The van der Waals surface area contributed by atoms with Crippen LogP contribution in [0.25, 0.3) is 0 Å². The van der Waals surface area contributed by atoms with Crippen molar-refractivity contribution in [2.24, 2.45) is 5.92 Å². The number of aromatic nitrogens is 1. The van der Waals surface area contributed by atoms with Gasteiger partial charge in [-0.3, -0.25) is 4.98 Å². The summed E-state index contributed by atoms with van der Waals surface area (Å²) >= 11 is 0. The molecule has 1 aliphatic carbocycles. The van der Waals surface area contributed by atoms with Crippen LogP contribution in [0.15, 0.2) is 18.5 Å². The number of aryl methyl sites for hydroxylation is 1. The third kappa shape index (κ3) is 3.93. The molecule has 2 atom stereocenters. The van der Waals surface area contributed by atoms with Crippen molar-refractivity contribution in [2.75, 3.05) is 0 Å². The first-order valence-electron chi connectivity index (χ1n) is 6.66. The minimum absolute atomic E-state index is 0.0417. The summed E-state index contributed by atoms with van der Waals surface area (Å²) < 4.78 is 38.1. The number of hydrogen-bond donors (Lipinski definition) is 1. The van der Waals surface area contributed by atoms with Crippen molar-refractivity contribution in [1.29, 1.82) is 0 Å². The number of alkyl halides is 3. The van der Waals surface area contributed by atoms with E-state index in [1.165, 1.54) is 0 Å². The van der Waals surface area contributed by atoms with Crippen molar-refractivity contribution in [3.05, 3.63) is 29.6 Å². The summed E-state index contributed by atoms with van der Waals surface area (Å²) in [5.41, 5.74) is 2.17. The van der Waals surface area contributed by atoms with Gasteiger partial charge in [-0.2, -0.15) is 13.2 Å². The average molecular weight is 272 g/mol. The van der Waals surface area contributed by atoms with Crippen molar-refractivity contribution in [3.8, 4) is 0 Å². The summed E-state index contributed by atoms with van der Waals surface area (Å²) in [4.78, 5) is 4.04. The minimum atomic E-state index is -4.05. The van der Waals surface area contributed by atoms with Gasteiger partial charge < -0.3 is 5.32 Å². The lowest BCUT2D eigenvalue weighted by Crippen LogP contribution is -2.38. The van der Waals surface area contributed by atoms with Crippen LogP contribution in [0.5, 0.6) is 0 Å². The molecule has 0 aliphatic heterocycles. The number of nitrogens with one attached hydrogen (secondary N) is 1. The van der Waals surface area contributed by atoms with Crippen LogP contribution >= 0.6 is 0 Å². The van der Waals surface area contributed by atoms with Gasteiger partial charge in [-0.15, -0.1) is 0 Å². The van der Waals surface area contributed by atoms with Crippen LogP contribution in [-0.4, -0.2) is 17.2 Å². The topological polar surface area (TPSA) is 24.9 Å². The Balaban J connectivity index is 1.88. The Morgan fingerprint density at radius 2 is 2.16 bits per heavy atom. The van der Waals surface area contributed by atoms with Crippen molar-refractivity contribution < 1.29 is 13.2 Å². The van der Waals surface area contributed by atoms with Gasteiger partial charge in [-0.25, -0.2) is 0 Å². The molecule has 0 bridgehead atoms. The first-order valence-corrected chi connectivity index (χ1v) is 6.66. The molecule has 0 saturated heterocycles. The van der Waals surface area contributed by atoms with E-state index in [2.05, 4.69) is 10.3 Å². The lowest BCUT2D eigenvalue weighted by Gasteiger charge is -2.31. The minimum Gasteiger partial charge on any atom is -0.310 e. The highest BCUT2D eigenvalue weighted by atomic mass is 19.4. The van der Waals surface area contributed by atoms with Crippen LogP contribution in [-0.2, 0) is 6.54 Å². The molecule has 19 heavy (non-hydrogen) atoms. The van der Waals surface area contributed by atoms with Gasteiger partial charge in [0.1, 0.15) is 0 Å². The smallest absolute Gasteiger partial charge is 0.310 e. The van der Waals surface area contributed by atoms with Gasteiger partial charge in [0.2, 0.25) is 0 Å². The van der Waals surface area contributed by atoms with E-state index in [9.17, 15) is 13.2 Å². The molecule has 1 fully saturated rings. The van der Waals surface area contributed by atoms with Gasteiger partial charge in [0.25, 0.3) is 0 Å². The van der Waals surface area contributed by atoms with Crippen LogP contribution in [0.4, 0.5) is 13.2 Å². The quantitative estimate of drug-likeness (QED) is 0.909. The fourth-order valence-electron chi connectivity index (χ4n) is 2.61. The predicted octanol–water partition coefficient (Wildman–Crippen LogP) is 3.60. The highest BCUT2D eigenvalue weighted by Crippen LogP contribution is 2.37. The number of hydrogen-bond acceptors (Lipinski definition) is 2. The maximum Gasteiger partial charge on any atom is 0.391 e. The Morgan fingerprint density at radius 3 is 2.84 bits per heavy atom. The average Bonchev–Trinajstić information content (AvgIpc) is 2.37. The molecule has 0 amide bonds. The third-order valence-electron chi connectivity index (χ3n) is 3.87. The van der Waals surface area contributed by atoms with Crippen LogP contribution in [0.2, 0.25) is 0 Å². The van der Waals surface area contributed by atoms with Crippen LogP contribution < -0.4 is 5.32 Å². The number of halogens is 3. The molecule has 1 N–H and O–H groups in total. The largest absolute Gasteiger partial charge is 0.391 e. The molecule has 2 nitrogen and oxygen atoms in total. The Kier molecular flexibility index (Phi) is 4.45. The van der Waals surface area contributed by atoms with Crippen molar-refractivity contribution in [3.63, 3.8) is 0 Å². The zero-order valence-corrected chi connectivity index (χ0v) is 11.0. The molecule has 5 heteroatoms. The monoisotopic (exact) mass is 272 g/mol. The van der Waals surface area contributed by atoms with Gasteiger partial charge in [0.05, 0.1) is 5.92 Å². The molecule has 1 saturated carbocycles. The molecular formula is C14H19F3N2. The molecule has 1 aromatic rings. The summed E-state index contributed by atoms with van der Waals surface area (Å²) in [6.45, 7) is 2.58. The van der Waals surface area contributed by atoms with E-state index < -0.39 is 12.1 Å². The number of nitrogens with zero attached hydrogens (tertiary/aromatic N) is 1. The van der Waals surface area contributed by atoms with Crippen molar-refractivity contribution in [2.45, 2.75) is 51.4 Å². The van der Waals surface area contributed by atoms with E-state index >= 15 is 0 Å². The molecule has 1 aliphatic rings. The maximum atomic E-state index is 12.7. The molecule has 1 heterocycles. The van der Waals surface area contributed by atoms with Crippen molar-refractivity contribution >= 4 is 0 Å². The Morgan fingerprint density at radius 1 is 1.37 bits per heavy atom. The molecule has 2 rings (SSSR count). The van der Waals surface area contributed by atoms with E-state index in [1.54, 1.807) is 12.4 Å². The second-order valence-electron chi connectivity index (χ2n) is 5.29. The molecule has 1 aromatic heterocycles. The first kappa shape index (κ1) is 14.3. The second kappa shape index (κ2) is 5.90. The first-order chi connectivity index (χ1) is 8.97. The third-order valence-corrected chi connectivity index (χ3v) is 3.87. The van der Waals surface area contributed by atoms with E-state index in [-0.39, 0.29) is 18.9 Å². The highest BCUT2D eigenvalue weighted by Gasteiger charge is 2.41. The summed E-state index contributed by atoms with van der Waals surface area (Å²) in [5.74, 6) is -1.14. The fourth-order valence-corrected chi connectivity index (χ4v) is 2.61. The lowest BCUT2D eigenvalue weighted by molar-refractivity contribution is -0.183. The van der Waals surface area contributed by atoms with Gasteiger partial charge in [-0.05, 0) is 43.4 Å². The molecule has 2 unspecified atom stereocenters. The van der Waals surface area contributed by atoms with Crippen LogP contribution in [0.3, 0.4) is 0 Å². The fraction of sp³-hybridized carbons (Fsp3) is 0.643. The summed E-state index contributed by atoms with van der Waals surface area (Å²) in [7, 11) is 0. The summed E-state index contributed by atoms with van der Waals surface area (Å²) in [6, 6.07) is 1.87. The Hall–Kier alpha value is -1.10. The molecule has 0 spiro atoms. The van der Waals surface area contributed by atoms with Gasteiger partial charge >= 0.3 is 6.18 Å². The maximum absolute atomic E-state index is 12.7. The zero-order chi connectivity index (χ0) is 13.9. The highest BCUT2D eigenvalue weighted by molar-refractivity contribution is 5.21. The molecule has 106 valence electrons. The summed E-state index contributed by atoms with van der Waals surface area (Å²) in [5, 5.41) is 3.24. The van der Waals surface area contributed by atoms with Crippen molar-refractivity contribution in [1.82, 2.24) is 10.3 Å². The number of rotatable bonds is 3. The SMILES string of the molecule is Cc1ccncc1CNC1CCCC(C(F)(F)F)C1. The second-order valence-corrected chi connectivity index (χ2v) is 5.29. The standard InChI is InChI=1S/C14H19F3N2/c1-10-5-6-18-8-11(10)9-19-13-4-2-3-12(7-13)14(15,16)17/h5-6,8,12-13,19H,2-4,7,9H2,1H3. The lowest BCUT2D eigenvalue weighted by atomic mass is 9.85. The molecule has 0 radical (unpaired) electrons. The van der Waals surface area contributed by atoms with E-state index in [4.69, 9.17) is 0 Å². The van der Waals surface area contributed by atoms with E-state index in [1.807, 2.05) is 13.0 Å². The van der Waals surface area contributed by atoms with Gasteiger partial charge in [0.15, 0.2) is 0 Å². The van der Waals surface area contributed by atoms with E-state index in [0.717, 1.165) is 17.5 Å². The van der Waals surface area contributed by atoms with Crippen LogP contribution in [0, 0.1) is 12.8 Å². The van der Waals surface area contributed by atoms with Crippen LogP contribution in [0.1, 0.15) is 36.8 Å². The Bertz CT molecular complexity index is 417. The normalized spacial score (nSPS) is 24.4. The summed E-state index contributed by atoms with van der Waals surface area (Å²) in [6.07, 6.45) is 1.38. The zero-order valence-electron chi connectivity index (χ0n) is 11.0. The number of pyridine rings is 1.